The molecule has 63 heavy (non-hydrogen) atoms. The van der Waals surface area contributed by atoms with Gasteiger partial charge < -0.3 is 19.1 Å². The summed E-state index contributed by atoms with van der Waals surface area (Å²) in [5.74, 6) is 2.39. The topological polar surface area (TPSA) is 33.5 Å². The Balaban J connectivity index is 0.00000544. The Morgan fingerprint density at radius 2 is 1.29 bits per heavy atom. The van der Waals surface area contributed by atoms with E-state index in [0.717, 1.165) is 55.9 Å². The van der Waals surface area contributed by atoms with Crippen LogP contribution >= 0.6 is 0 Å². The fourth-order valence-electron chi connectivity index (χ4n) is 8.58. The van der Waals surface area contributed by atoms with Gasteiger partial charge in [-0.05, 0) is 97.8 Å². The zero-order valence-corrected chi connectivity index (χ0v) is 40.6. The number of pyridine rings is 1. The van der Waals surface area contributed by atoms with Crippen molar-refractivity contribution in [2.45, 2.75) is 98.3 Å². The summed E-state index contributed by atoms with van der Waals surface area (Å²) in [6.07, 6.45) is 1.91. The molecule has 8 aromatic rings. The van der Waals surface area contributed by atoms with Crippen LogP contribution in [0.15, 0.2) is 134 Å². The Bertz CT molecular complexity index is 2980. The molecule has 0 N–H and O–H groups in total. The van der Waals surface area contributed by atoms with Crippen LogP contribution in [0, 0.1) is 18.8 Å². The summed E-state index contributed by atoms with van der Waals surface area (Å²) < 4.78 is 9.14. The molecular weight excluding hydrogens is 952 g/mol. The summed E-state index contributed by atoms with van der Waals surface area (Å²) >= 11 is 0. The average molecular weight is 1010 g/mol. The van der Waals surface area contributed by atoms with Gasteiger partial charge in [0.25, 0.3) is 0 Å². The average Bonchev–Trinajstić information content (AvgIpc) is 3.78. The smallest absolute Gasteiger partial charge is 0.135 e. The number of ether oxygens (including phenoxy) is 1. The van der Waals surface area contributed by atoms with Crippen LogP contribution in [-0.2, 0) is 37.3 Å². The van der Waals surface area contributed by atoms with Crippen LogP contribution in [0.3, 0.4) is 0 Å². The molecule has 0 radical (unpaired) electrons. The van der Waals surface area contributed by atoms with Crippen molar-refractivity contribution in [3.8, 4) is 28.4 Å². The van der Waals surface area contributed by atoms with E-state index in [4.69, 9.17) is 9.72 Å². The van der Waals surface area contributed by atoms with Gasteiger partial charge in [-0.25, -0.2) is 4.98 Å². The van der Waals surface area contributed by atoms with Gasteiger partial charge in [0, 0.05) is 61.3 Å². The normalized spacial score (nSPS) is 13.2. The van der Waals surface area contributed by atoms with Crippen molar-refractivity contribution in [3.63, 3.8) is 0 Å². The first-order valence-electron chi connectivity index (χ1n) is 21.9. The summed E-state index contributed by atoms with van der Waals surface area (Å²) in [5.41, 5.74) is 13.4. The summed E-state index contributed by atoms with van der Waals surface area (Å²) in [6, 6.07) is 53.3. The van der Waals surface area contributed by atoms with Gasteiger partial charge in [-0.15, -0.1) is 53.6 Å². The fourth-order valence-corrected chi connectivity index (χ4v) is 8.58. The molecule has 0 unspecified atom stereocenters. The van der Waals surface area contributed by atoms with E-state index in [9.17, 15) is 0 Å². The molecule has 9 rings (SSSR count). The molecule has 0 spiro atoms. The quantitative estimate of drug-likeness (QED) is 0.149. The number of aromatic nitrogens is 2. The fraction of sp³-hybridized carbons (Fsp3) is 0.263. The third kappa shape index (κ3) is 8.45. The molecule has 0 bridgehead atoms. The van der Waals surface area contributed by atoms with E-state index >= 15 is 0 Å². The Morgan fingerprint density at radius 3 is 2.03 bits per heavy atom. The molecule has 2 aromatic heterocycles. The second-order valence-corrected chi connectivity index (χ2v) is 20.2. The van der Waals surface area contributed by atoms with E-state index in [1.165, 1.54) is 27.8 Å². The number of anilines is 4. The van der Waals surface area contributed by atoms with E-state index in [0.29, 0.717) is 17.4 Å². The predicted octanol–water partition coefficient (Wildman–Crippen LogP) is 15.7. The summed E-state index contributed by atoms with van der Waals surface area (Å²) in [7, 11) is 0. The molecule has 3 heterocycles. The zero-order valence-electron chi connectivity index (χ0n) is 38.4. The van der Waals surface area contributed by atoms with Crippen LogP contribution in [0.5, 0.6) is 11.5 Å². The van der Waals surface area contributed by atoms with Gasteiger partial charge in [-0.3, -0.25) is 0 Å². The van der Waals surface area contributed by atoms with Crippen molar-refractivity contribution in [1.29, 1.82) is 0 Å². The van der Waals surface area contributed by atoms with Gasteiger partial charge >= 0.3 is 0 Å². The third-order valence-corrected chi connectivity index (χ3v) is 12.2. The first-order chi connectivity index (χ1) is 29.4. The van der Waals surface area contributed by atoms with Gasteiger partial charge in [0.2, 0.25) is 0 Å². The van der Waals surface area contributed by atoms with Gasteiger partial charge in [-0.1, -0.05) is 142 Å². The number of benzene rings is 6. The summed E-state index contributed by atoms with van der Waals surface area (Å²) in [5, 5.41) is 2.23. The molecule has 0 fully saturated rings. The minimum absolute atomic E-state index is 0. The predicted molar refractivity (Wildman–Crippen MR) is 260 cm³/mol. The number of para-hydroxylation sites is 1. The van der Waals surface area contributed by atoms with E-state index in [1.54, 1.807) is 0 Å². The molecule has 0 amide bonds. The van der Waals surface area contributed by atoms with E-state index in [1.807, 2.05) is 12.3 Å². The molecule has 1 aliphatic heterocycles. The van der Waals surface area contributed by atoms with Crippen molar-refractivity contribution in [2.24, 2.45) is 0 Å². The zero-order chi connectivity index (χ0) is 43.7. The van der Waals surface area contributed by atoms with Crippen LogP contribution in [0.4, 0.5) is 22.7 Å². The second-order valence-electron chi connectivity index (χ2n) is 20.2. The second kappa shape index (κ2) is 16.5. The molecule has 6 aromatic carbocycles. The van der Waals surface area contributed by atoms with Crippen LogP contribution in [0.25, 0.3) is 38.8 Å². The van der Waals surface area contributed by atoms with E-state index in [2.05, 4.69) is 231 Å². The van der Waals surface area contributed by atoms with Crippen molar-refractivity contribution in [1.82, 2.24) is 9.55 Å². The number of hydrogen-bond donors (Lipinski definition) is 0. The first kappa shape index (κ1) is 44.0. The third-order valence-electron chi connectivity index (χ3n) is 12.2. The SMILES string of the molecule is CC(C)c1ccccc1-c1cc(Oc2[c-]c3c(cc2)c2ccccc2n3-c2cc(C(C)(C)C)ccn2)[c-]c(N2[CH-]N(c3cccc(C(C)(C)C)c3)c3cc(C(C)(C)C)ccc32)c1.[Pt]. The van der Waals surface area contributed by atoms with Gasteiger partial charge in [-0.2, -0.15) is 6.07 Å². The Labute approximate surface area is 389 Å². The van der Waals surface area contributed by atoms with Crippen LogP contribution in [0.2, 0.25) is 0 Å². The Kier molecular flexibility index (Phi) is 11.5. The van der Waals surface area contributed by atoms with Crippen LogP contribution < -0.4 is 14.5 Å². The Hall–Kier alpha value is -5.64. The van der Waals surface area contributed by atoms with Crippen LogP contribution in [-0.4, -0.2) is 9.55 Å². The monoisotopic (exact) mass is 1010 g/mol. The molecule has 5 nitrogen and oxygen atoms in total. The van der Waals surface area contributed by atoms with Gasteiger partial charge in [0.1, 0.15) is 5.82 Å². The van der Waals surface area contributed by atoms with Gasteiger partial charge in [0.05, 0.1) is 0 Å². The number of hydrogen-bond acceptors (Lipinski definition) is 4. The molecule has 0 atom stereocenters. The maximum Gasteiger partial charge on any atom is 0.135 e. The number of fused-ring (bicyclic) bond motifs is 4. The Morgan fingerprint density at radius 1 is 0.587 bits per heavy atom. The largest absolute Gasteiger partial charge is 0.509 e. The molecule has 324 valence electrons. The maximum absolute atomic E-state index is 6.93. The molecule has 0 saturated carbocycles. The minimum Gasteiger partial charge on any atom is -0.509 e. The maximum atomic E-state index is 6.93. The molecule has 0 saturated heterocycles. The van der Waals surface area contributed by atoms with Crippen molar-refractivity contribution in [2.75, 3.05) is 9.80 Å². The number of nitrogens with zero attached hydrogens (tertiary/aromatic N) is 4. The molecule has 1 aliphatic rings. The molecule has 6 heteroatoms. The number of rotatable bonds is 7. The van der Waals surface area contributed by atoms with Crippen molar-refractivity contribution < 1.29 is 25.8 Å². The standard InChI is InChI=1S/C57H57N4O.Pt/c1-37(2)46-19-12-13-20-47(46)38-29-43(60-36-59(42-18-16-17-39(31-42)55(3,4)5)53-32-40(56(6,7)8)23-26-51(53)60)34-45(30-38)62-44-24-25-49-48-21-14-15-22-50(48)61(52(49)35-44)54-33-41(27-28-58-54)57(9,10)11;/h12-33,36-37H,1-11H3;/q-3;. The van der Waals surface area contributed by atoms with Crippen molar-refractivity contribution in [3.05, 3.63) is 175 Å². The summed E-state index contributed by atoms with van der Waals surface area (Å²) in [6.45, 7) is 27.0. The molecule has 0 aliphatic carbocycles. The van der Waals surface area contributed by atoms with E-state index < -0.39 is 0 Å². The molecular formula is C57H57N4OPt-3. The van der Waals surface area contributed by atoms with E-state index in [-0.39, 0.29) is 37.3 Å². The van der Waals surface area contributed by atoms with Crippen LogP contribution in [0.1, 0.15) is 104 Å². The van der Waals surface area contributed by atoms with Crippen molar-refractivity contribution >= 4 is 44.6 Å². The van der Waals surface area contributed by atoms with Gasteiger partial charge in [0.15, 0.2) is 0 Å². The summed E-state index contributed by atoms with van der Waals surface area (Å²) in [4.78, 5) is 9.49. The minimum atomic E-state index is -0.0309. The first-order valence-corrected chi connectivity index (χ1v) is 21.9.